The molecule has 5 fully saturated rings. The Morgan fingerprint density at radius 1 is 1.00 bits per heavy atom. The number of hydrogen-bond donors (Lipinski definition) is 1. The van der Waals surface area contributed by atoms with Crippen molar-refractivity contribution < 1.29 is 4.74 Å². The van der Waals surface area contributed by atoms with Gasteiger partial charge in [0.2, 0.25) is 0 Å². The van der Waals surface area contributed by atoms with Crippen LogP contribution in [-0.4, -0.2) is 18.8 Å². The summed E-state index contributed by atoms with van der Waals surface area (Å²) in [5, 5.41) is 0. The molecule has 0 radical (unpaired) electrons. The molecule has 29 heavy (non-hydrogen) atoms. The molecule has 2 heteroatoms. The summed E-state index contributed by atoms with van der Waals surface area (Å²) < 4.78 is 6.82. The maximum atomic E-state index is 6.82. The zero-order valence-electron chi connectivity index (χ0n) is 19.7. The minimum atomic E-state index is 0.487. The molecule has 2 nitrogen and oxygen atoms in total. The van der Waals surface area contributed by atoms with E-state index in [0.717, 1.165) is 42.1 Å². The Balaban J connectivity index is 1.33. The van der Waals surface area contributed by atoms with E-state index in [1.165, 1.54) is 70.6 Å². The second kappa shape index (κ2) is 7.51. The van der Waals surface area contributed by atoms with Crippen molar-refractivity contribution in [2.45, 2.75) is 111 Å². The van der Waals surface area contributed by atoms with Crippen molar-refractivity contribution in [1.29, 1.82) is 0 Å². The number of nitrogens with two attached hydrogens (primary N) is 1. The highest BCUT2D eigenvalue weighted by molar-refractivity contribution is 5.13. The van der Waals surface area contributed by atoms with E-state index in [9.17, 15) is 0 Å². The third kappa shape index (κ3) is 3.09. The molecule has 0 bridgehead atoms. The maximum Gasteiger partial charge on any atom is 0.0618 e. The molecule has 0 amide bonds. The average molecular weight is 402 g/mol. The quantitative estimate of drug-likeness (QED) is 0.589. The zero-order chi connectivity index (χ0) is 20.4. The summed E-state index contributed by atoms with van der Waals surface area (Å²) in [7, 11) is 0. The predicted molar refractivity (Wildman–Crippen MR) is 120 cm³/mol. The van der Waals surface area contributed by atoms with Crippen molar-refractivity contribution in [2.75, 3.05) is 6.54 Å². The normalized spacial score (nSPS) is 54.9. The molecular weight excluding hydrogens is 354 g/mol. The molecule has 0 aromatic rings. The summed E-state index contributed by atoms with van der Waals surface area (Å²) in [6, 6.07) is 0. The lowest BCUT2D eigenvalue weighted by Gasteiger charge is -2.60. The fourth-order valence-electron chi connectivity index (χ4n) is 9.88. The molecule has 4 saturated carbocycles. The molecule has 0 spiro atoms. The Hall–Kier alpha value is -0.0800. The first-order chi connectivity index (χ1) is 13.9. The molecule has 166 valence electrons. The molecule has 2 N–H and O–H groups in total. The van der Waals surface area contributed by atoms with E-state index >= 15 is 0 Å². The topological polar surface area (TPSA) is 35.2 Å². The van der Waals surface area contributed by atoms with Crippen molar-refractivity contribution in [3.63, 3.8) is 0 Å². The van der Waals surface area contributed by atoms with Crippen LogP contribution in [0.4, 0.5) is 0 Å². The molecule has 1 heterocycles. The van der Waals surface area contributed by atoms with Crippen LogP contribution in [0.3, 0.4) is 0 Å². The fourth-order valence-corrected chi connectivity index (χ4v) is 9.88. The lowest BCUT2D eigenvalue weighted by Crippen LogP contribution is -2.53. The predicted octanol–water partition coefficient (Wildman–Crippen LogP) is 6.42. The fraction of sp³-hybridized carbons (Fsp3) is 1.00. The summed E-state index contributed by atoms with van der Waals surface area (Å²) >= 11 is 0. The van der Waals surface area contributed by atoms with Gasteiger partial charge in [0.15, 0.2) is 0 Å². The highest BCUT2D eigenvalue weighted by Gasteiger charge is 2.65. The first-order valence-corrected chi connectivity index (χ1v) is 13.2. The van der Waals surface area contributed by atoms with Crippen LogP contribution in [0.15, 0.2) is 0 Å². The van der Waals surface area contributed by atoms with Gasteiger partial charge in [0, 0.05) is 0 Å². The molecule has 5 rings (SSSR count). The summed E-state index contributed by atoms with van der Waals surface area (Å²) in [5.41, 5.74) is 7.07. The molecule has 0 aromatic heterocycles. The number of ether oxygens (including phenoxy) is 1. The monoisotopic (exact) mass is 401 g/mol. The van der Waals surface area contributed by atoms with Crippen molar-refractivity contribution in [3.8, 4) is 0 Å². The first kappa shape index (κ1) is 20.8. The molecule has 1 aliphatic heterocycles. The van der Waals surface area contributed by atoms with Crippen LogP contribution in [0.25, 0.3) is 0 Å². The van der Waals surface area contributed by atoms with Crippen molar-refractivity contribution >= 4 is 0 Å². The van der Waals surface area contributed by atoms with Crippen LogP contribution in [0, 0.1) is 52.3 Å². The Morgan fingerprint density at radius 3 is 2.62 bits per heavy atom. The molecule has 4 aliphatic carbocycles. The smallest absolute Gasteiger partial charge is 0.0618 e. The lowest BCUT2D eigenvalue weighted by atomic mass is 9.44. The third-order valence-corrected chi connectivity index (χ3v) is 11.5. The van der Waals surface area contributed by atoms with E-state index < -0.39 is 0 Å². The highest BCUT2D eigenvalue weighted by Crippen LogP contribution is 2.70. The average Bonchev–Trinajstić information content (AvgIpc) is 3.19. The number of hydrogen-bond acceptors (Lipinski definition) is 2. The van der Waals surface area contributed by atoms with E-state index in [1.54, 1.807) is 0 Å². The summed E-state index contributed by atoms with van der Waals surface area (Å²) in [6.07, 6.45) is 16.9. The van der Waals surface area contributed by atoms with E-state index in [-0.39, 0.29) is 0 Å². The molecule has 5 aliphatic rings. The highest BCUT2D eigenvalue weighted by atomic mass is 16.5. The van der Waals surface area contributed by atoms with Gasteiger partial charge in [0.25, 0.3) is 0 Å². The third-order valence-electron chi connectivity index (χ3n) is 11.5. The van der Waals surface area contributed by atoms with Crippen molar-refractivity contribution in [2.24, 2.45) is 58.0 Å². The van der Waals surface area contributed by atoms with Gasteiger partial charge in [-0.3, -0.25) is 0 Å². The SMILES string of the molecule is CC(CN)CC[C@H]1O[C@H]2C[C@H]3[C@@H]4CCC5CCCC[C@]5(C)[C@H]4CC[C@]3(C)[C@H]2[C@@H]1C. The molecule has 2 unspecified atom stereocenters. The Morgan fingerprint density at radius 2 is 1.83 bits per heavy atom. The van der Waals surface area contributed by atoms with E-state index in [4.69, 9.17) is 10.5 Å². The van der Waals surface area contributed by atoms with E-state index in [2.05, 4.69) is 27.7 Å². The van der Waals surface area contributed by atoms with Gasteiger partial charge in [0.05, 0.1) is 12.2 Å². The van der Waals surface area contributed by atoms with Gasteiger partial charge in [-0.15, -0.1) is 0 Å². The summed E-state index contributed by atoms with van der Waals surface area (Å²) in [6.45, 7) is 11.0. The van der Waals surface area contributed by atoms with Crippen LogP contribution in [0.1, 0.15) is 98.3 Å². The van der Waals surface area contributed by atoms with Crippen molar-refractivity contribution in [3.05, 3.63) is 0 Å². The van der Waals surface area contributed by atoms with Gasteiger partial charge in [-0.05, 0) is 117 Å². The van der Waals surface area contributed by atoms with Gasteiger partial charge in [0.1, 0.15) is 0 Å². The standard InChI is InChI=1S/C27H47NO/c1-17(16-28)8-11-23-18(2)25-24(29-23)15-22-20-10-9-19-7-5-6-13-26(19,3)21(20)12-14-27(22,25)4/h17-25H,5-16,28H2,1-4H3/t17?,18-,19?,20-,21+,22+,23-,24+,25+,26+,27+/m1/s1. The van der Waals surface area contributed by atoms with Crippen LogP contribution in [-0.2, 0) is 4.74 Å². The van der Waals surface area contributed by atoms with Crippen molar-refractivity contribution in [1.82, 2.24) is 0 Å². The van der Waals surface area contributed by atoms with Crippen LogP contribution in [0.2, 0.25) is 0 Å². The second-order valence-corrected chi connectivity index (χ2v) is 12.7. The van der Waals surface area contributed by atoms with Gasteiger partial charge in [-0.1, -0.05) is 40.5 Å². The first-order valence-electron chi connectivity index (χ1n) is 13.2. The van der Waals surface area contributed by atoms with E-state index in [1.807, 2.05) is 0 Å². The summed E-state index contributed by atoms with van der Waals surface area (Å²) in [4.78, 5) is 0. The van der Waals surface area contributed by atoms with Crippen LogP contribution < -0.4 is 5.73 Å². The number of rotatable bonds is 4. The minimum absolute atomic E-state index is 0.487. The molecule has 0 aromatic carbocycles. The zero-order valence-corrected chi connectivity index (χ0v) is 19.7. The maximum absolute atomic E-state index is 6.82. The second-order valence-electron chi connectivity index (χ2n) is 12.7. The van der Waals surface area contributed by atoms with E-state index in [0.29, 0.717) is 29.0 Å². The van der Waals surface area contributed by atoms with Gasteiger partial charge in [-0.25, -0.2) is 0 Å². The largest absolute Gasteiger partial charge is 0.374 e. The van der Waals surface area contributed by atoms with Gasteiger partial charge < -0.3 is 10.5 Å². The minimum Gasteiger partial charge on any atom is -0.374 e. The Labute approximate surface area is 180 Å². The number of fused-ring (bicyclic) bond motifs is 7. The molecular formula is C27H47NO. The summed E-state index contributed by atoms with van der Waals surface area (Å²) in [5.74, 6) is 6.15. The Bertz CT molecular complexity index is 605. The van der Waals surface area contributed by atoms with Crippen LogP contribution in [0.5, 0.6) is 0 Å². The molecule has 1 saturated heterocycles. The van der Waals surface area contributed by atoms with Gasteiger partial charge in [-0.2, -0.15) is 0 Å². The Kier molecular flexibility index (Phi) is 5.38. The van der Waals surface area contributed by atoms with Gasteiger partial charge >= 0.3 is 0 Å². The molecule has 11 atom stereocenters. The van der Waals surface area contributed by atoms with Crippen LogP contribution >= 0.6 is 0 Å². The lowest BCUT2D eigenvalue weighted by molar-refractivity contribution is -0.115.